The number of carbonyl (C=O) groups is 11. The van der Waals surface area contributed by atoms with Crippen molar-refractivity contribution in [1.29, 1.82) is 0 Å². The van der Waals surface area contributed by atoms with Gasteiger partial charge in [-0.15, -0.1) is 0 Å². The van der Waals surface area contributed by atoms with Crippen molar-refractivity contribution in [2.45, 2.75) is 157 Å². The quantitative estimate of drug-likeness (QED) is 0.0155. The molecule has 80 heavy (non-hydrogen) atoms. The van der Waals surface area contributed by atoms with E-state index in [1.54, 1.807) is 0 Å². The number of nitrogens with zero attached hydrogens (tertiary/aromatic N) is 4. The van der Waals surface area contributed by atoms with E-state index in [4.69, 9.17) is 45.9 Å². The van der Waals surface area contributed by atoms with Gasteiger partial charge < -0.3 is 109 Å². The van der Waals surface area contributed by atoms with Crippen LogP contribution >= 0.6 is 0 Å². The number of guanidine groups is 3. The molecular weight excluding hydrogens is 1060 g/mol. The Hall–Kier alpha value is -8.14. The molecule has 0 aliphatic carbocycles. The van der Waals surface area contributed by atoms with Crippen molar-refractivity contribution < 1.29 is 68.1 Å². The molecule has 2 saturated heterocycles. The summed E-state index contributed by atoms with van der Waals surface area (Å²) in [7, 11) is 0. The zero-order valence-corrected chi connectivity index (χ0v) is 44.7. The molecule has 27 N–H and O–H groups in total. The molecule has 34 nitrogen and oxygen atoms in total. The van der Waals surface area contributed by atoms with E-state index >= 15 is 0 Å². The summed E-state index contributed by atoms with van der Waals surface area (Å²) in [5.41, 5.74) is 43.5. The van der Waals surface area contributed by atoms with Crippen LogP contribution in [0, 0.1) is 0 Å². The Morgan fingerprint density at radius 1 is 0.525 bits per heavy atom. The number of likely N-dealkylation sites (tertiary alicyclic amines) is 1. The maximum absolute atomic E-state index is 14.1. The van der Waals surface area contributed by atoms with Gasteiger partial charge in [-0.2, -0.15) is 0 Å². The van der Waals surface area contributed by atoms with Crippen molar-refractivity contribution in [1.82, 2.24) is 47.4 Å². The highest BCUT2D eigenvalue weighted by molar-refractivity contribution is 5.99. The zero-order chi connectivity index (χ0) is 59.9. The molecule has 0 bridgehead atoms. The third kappa shape index (κ3) is 25.6. The van der Waals surface area contributed by atoms with Crippen LogP contribution in [0.5, 0.6) is 0 Å². The number of carboxylic acids is 2. The minimum atomic E-state index is -1.83. The minimum Gasteiger partial charge on any atom is -0.481 e. The topological polar surface area (TPSA) is 593 Å². The van der Waals surface area contributed by atoms with Crippen LogP contribution in [-0.2, 0) is 52.7 Å². The Bertz CT molecular complexity index is 2220. The molecule has 0 aromatic rings. The summed E-state index contributed by atoms with van der Waals surface area (Å²) in [5, 5.41) is 50.2. The first-order valence-corrected chi connectivity index (χ1v) is 26.2. The highest BCUT2D eigenvalue weighted by atomic mass is 16.4. The summed E-state index contributed by atoms with van der Waals surface area (Å²) in [6.45, 7) is -0.316. The molecule has 2 aliphatic heterocycles. The second kappa shape index (κ2) is 36.1. The number of hydrogen-bond donors (Lipinski definition) is 19. The molecule has 2 aliphatic rings. The van der Waals surface area contributed by atoms with E-state index in [1.807, 2.05) is 0 Å². The number of rotatable bonds is 38. The summed E-state index contributed by atoms with van der Waals surface area (Å²) >= 11 is 0. The van der Waals surface area contributed by atoms with Crippen LogP contribution in [0.3, 0.4) is 0 Å². The molecule has 9 amide bonds. The van der Waals surface area contributed by atoms with Gasteiger partial charge in [0.2, 0.25) is 53.2 Å². The second-order valence-corrected chi connectivity index (χ2v) is 19.0. The Morgan fingerprint density at radius 2 is 0.963 bits per heavy atom. The van der Waals surface area contributed by atoms with Crippen LogP contribution in [-0.4, -0.2) is 203 Å². The average molecular weight is 1140 g/mol. The van der Waals surface area contributed by atoms with Gasteiger partial charge >= 0.3 is 11.9 Å². The lowest BCUT2D eigenvalue weighted by molar-refractivity contribution is -0.146. The second-order valence-electron chi connectivity index (χ2n) is 19.0. The number of carboxylic acid groups (broad SMARTS) is 2. The number of hydrogen-bond acceptors (Lipinski definition) is 17. The number of carbonyl (C=O) groups excluding carboxylic acids is 9. The molecule has 2 fully saturated rings. The van der Waals surface area contributed by atoms with Gasteiger partial charge in [0.1, 0.15) is 48.3 Å². The van der Waals surface area contributed by atoms with Gasteiger partial charge in [0.05, 0.1) is 19.1 Å². The predicted molar refractivity (Wildman–Crippen MR) is 287 cm³/mol. The van der Waals surface area contributed by atoms with Gasteiger partial charge in [-0.25, -0.2) is 4.79 Å². The van der Waals surface area contributed by atoms with Crippen LogP contribution in [0.2, 0.25) is 0 Å². The lowest BCUT2D eigenvalue weighted by Gasteiger charge is -2.30. The van der Waals surface area contributed by atoms with Gasteiger partial charge in [0.25, 0.3) is 0 Å². The number of aliphatic carboxylic acids is 2. The molecule has 0 aromatic heterocycles. The van der Waals surface area contributed by atoms with E-state index in [-0.39, 0.29) is 102 Å². The van der Waals surface area contributed by atoms with Gasteiger partial charge in [-0.3, -0.25) is 62.9 Å². The fourth-order valence-electron chi connectivity index (χ4n) is 8.50. The number of nitrogens with one attached hydrogen (secondary N) is 8. The molecule has 0 spiro atoms. The van der Waals surface area contributed by atoms with Crippen molar-refractivity contribution in [2.24, 2.45) is 60.8 Å². The monoisotopic (exact) mass is 1140 g/mol. The number of primary amides is 1. The minimum absolute atomic E-state index is 0.00681. The number of aliphatic hydroxyl groups is 1. The number of unbranched alkanes of at least 4 members (excludes halogenated alkanes) is 1. The van der Waals surface area contributed by atoms with E-state index in [9.17, 15) is 68.1 Å². The molecule has 34 heteroatoms. The van der Waals surface area contributed by atoms with Crippen molar-refractivity contribution >= 4 is 83.0 Å². The van der Waals surface area contributed by atoms with Crippen molar-refractivity contribution in [3.8, 4) is 0 Å². The Morgan fingerprint density at radius 3 is 1.40 bits per heavy atom. The van der Waals surface area contributed by atoms with Gasteiger partial charge in [0.15, 0.2) is 17.9 Å². The van der Waals surface area contributed by atoms with Crippen LogP contribution < -0.4 is 88.4 Å². The highest BCUT2D eigenvalue weighted by Gasteiger charge is 2.41. The van der Waals surface area contributed by atoms with Gasteiger partial charge in [0, 0.05) is 32.6 Å². The molecular formula is C46H82N20O14. The third-order valence-electron chi connectivity index (χ3n) is 12.6. The lowest BCUT2D eigenvalue weighted by Crippen LogP contribution is -2.60. The zero-order valence-electron chi connectivity index (χ0n) is 44.7. The highest BCUT2D eigenvalue weighted by Crippen LogP contribution is 2.20. The largest absolute Gasteiger partial charge is 0.481 e. The fourth-order valence-corrected chi connectivity index (χ4v) is 8.50. The summed E-state index contributed by atoms with van der Waals surface area (Å²) in [4.78, 5) is 159. The fraction of sp³-hybridized carbons (Fsp3) is 0.696. The summed E-state index contributed by atoms with van der Waals surface area (Å²) in [6, 6.07) is -12.8. The normalized spacial score (nSPS) is 17.2. The van der Waals surface area contributed by atoms with E-state index < -0.39 is 145 Å². The molecule has 450 valence electrons. The number of aliphatic imine (C=N–C) groups is 3. The van der Waals surface area contributed by atoms with Crippen LogP contribution in [0.25, 0.3) is 0 Å². The summed E-state index contributed by atoms with van der Waals surface area (Å²) in [6.07, 6.45) is 0.324. The van der Waals surface area contributed by atoms with Crippen LogP contribution in [0.15, 0.2) is 15.0 Å². The SMILES string of the molecule is NCCCC[C@H](NC(=O)[C@@H]1CCCN1)C(=O)N[C@@H](CC(=O)O)C(=O)N1CCC[C@H]1C(=O)N[C@@H](CO)C(=O)N[C@@H](CCC(N)=O)C(=O)N[C@@H](CCCN=C(N)N)C(=O)N[C@@H](CCCN=C(N)N)C(=O)N[C@@H](CCCN=C(N)N)C(=O)O. The molecule has 0 aromatic carbocycles. The van der Waals surface area contributed by atoms with Crippen LogP contribution in [0.1, 0.15) is 103 Å². The molecule has 0 radical (unpaired) electrons. The number of nitrogens with two attached hydrogens (primary N) is 8. The number of aliphatic hydroxyl groups excluding tert-OH is 1. The van der Waals surface area contributed by atoms with E-state index in [0.717, 1.165) is 11.3 Å². The van der Waals surface area contributed by atoms with Gasteiger partial charge in [-0.05, 0) is 103 Å². The Kier molecular flexibility index (Phi) is 30.7. The van der Waals surface area contributed by atoms with Crippen molar-refractivity contribution in [3.63, 3.8) is 0 Å². The Balaban J connectivity index is 2.37. The molecule has 0 unspecified atom stereocenters. The lowest BCUT2D eigenvalue weighted by atomic mass is 10.0. The van der Waals surface area contributed by atoms with E-state index in [0.29, 0.717) is 32.4 Å². The summed E-state index contributed by atoms with van der Waals surface area (Å²) < 4.78 is 0. The van der Waals surface area contributed by atoms with Gasteiger partial charge in [-0.1, -0.05) is 0 Å². The molecule has 2 rings (SSSR count). The van der Waals surface area contributed by atoms with Crippen molar-refractivity contribution in [2.75, 3.05) is 45.9 Å². The predicted octanol–water partition coefficient (Wildman–Crippen LogP) is -8.77. The maximum atomic E-state index is 14.1. The van der Waals surface area contributed by atoms with E-state index in [2.05, 4.69) is 57.5 Å². The van der Waals surface area contributed by atoms with Crippen molar-refractivity contribution in [3.05, 3.63) is 0 Å². The first-order chi connectivity index (χ1) is 37.9. The molecule has 9 atom stereocenters. The standard InChI is InChI=1S/C46H82N20O14/c47-16-2-1-8-25(59-35(71)24-9-3-17-55-24)38(74)64-30(22-34(69)70)42(78)66-21-7-13-32(66)41(77)65-31(23-67)40(76)62-28(14-15-33(48)68)39(75)61-26(10-4-18-56-44(49)50)36(72)60-27(11-5-19-57-45(51)52)37(73)63-29(43(79)80)12-6-20-58-46(53)54/h24-32,55,67H,1-23,47H2,(H2,48,68)(H,59,71)(H,60,72)(H,61,75)(H,62,76)(H,63,73)(H,64,74)(H,65,77)(H,69,70)(H,79,80)(H4,49,50,56)(H4,51,52,57)(H4,53,54,58)/t24-,25-,26-,27-,28-,29-,30-,31-,32-/m0/s1. The molecule has 0 saturated carbocycles. The third-order valence-corrected chi connectivity index (χ3v) is 12.6. The smallest absolute Gasteiger partial charge is 0.326 e. The maximum Gasteiger partial charge on any atom is 0.326 e. The van der Waals surface area contributed by atoms with E-state index in [1.165, 1.54) is 0 Å². The molecule has 2 heterocycles. The average Bonchev–Trinajstić information content (AvgIpc) is 4.12. The summed E-state index contributed by atoms with van der Waals surface area (Å²) in [5.74, 6) is -12.1. The number of amides is 9. The first kappa shape index (κ1) is 68.0. The Labute approximate surface area is 461 Å². The first-order valence-electron chi connectivity index (χ1n) is 26.2. The van der Waals surface area contributed by atoms with Crippen LogP contribution in [0.4, 0.5) is 0 Å².